The van der Waals surface area contributed by atoms with Crippen LogP contribution in [0.3, 0.4) is 0 Å². The fourth-order valence-corrected chi connectivity index (χ4v) is 2.26. The number of amides is 1. The molecule has 1 atom stereocenters. The van der Waals surface area contributed by atoms with Crippen LogP contribution in [0.4, 0.5) is 0 Å². The summed E-state index contributed by atoms with van der Waals surface area (Å²) in [5.41, 5.74) is 12.9. The minimum Gasteiger partial charge on any atom is -0.368 e. The van der Waals surface area contributed by atoms with Crippen molar-refractivity contribution in [2.75, 3.05) is 6.54 Å². The largest absolute Gasteiger partial charge is 0.368 e. The van der Waals surface area contributed by atoms with Gasteiger partial charge in [0.1, 0.15) is 11.9 Å². The molecule has 1 aromatic heterocycles. The molecule has 0 aliphatic rings. The number of para-hydroxylation sites is 2. The summed E-state index contributed by atoms with van der Waals surface area (Å²) >= 11 is 0. The molecular weight excluding hydrogens is 228 g/mol. The van der Waals surface area contributed by atoms with Gasteiger partial charge >= 0.3 is 0 Å². The molecule has 0 aliphatic carbocycles. The van der Waals surface area contributed by atoms with Crippen LogP contribution in [0, 0.1) is 0 Å². The molecule has 0 fully saturated rings. The Morgan fingerprint density at radius 2 is 2.17 bits per heavy atom. The van der Waals surface area contributed by atoms with Gasteiger partial charge in [0.2, 0.25) is 5.91 Å². The Labute approximate surface area is 106 Å². The maximum atomic E-state index is 11.6. The summed E-state index contributed by atoms with van der Waals surface area (Å²) in [7, 11) is 0. The maximum Gasteiger partial charge on any atom is 0.240 e. The molecule has 1 unspecified atom stereocenters. The first-order valence-electron chi connectivity index (χ1n) is 6.14. The average Bonchev–Trinajstić information content (AvgIpc) is 2.69. The second-order valence-corrected chi connectivity index (χ2v) is 4.25. The lowest BCUT2D eigenvalue weighted by Crippen LogP contribution is -2.27. The Hall–Kier alpha value is -1.88. The minimum absolute atomic E-state index is 0.334. The van der Waals surface area contributed by atoms with Crippen molar-refractivity contribution in [2.24, 2.45) is 11.5 Å². The van der Waals surface area contributed by atoms with Crippen LogP contribution in [0.25, 0.3) is 11.0 Å². The molecule has 1 heterocycles. The molecule has 0 saturated heterocycles. The fraction of sp³-hybridized carbons (Fsp3) is 0.385. The topological polar surface area (TPSA) is 86.9 Å². The average molecular weight is 246 g/mol. The van der Waals surface area contributed by atoms with Crippen molar-refractivity contribution in [2.45, 2.75) is 25.8 Å². The van der Waals surface area contributed by atoms with Crippen LogP contribution < -0.4 is 11.5 Å². The lowest BCUT2D eigenvalue weighted by Gasteiger charge is -2.17. The molecule has 18 heavy (non-hydrogen) atoms. The smallest absolute Gasteiger partial charge is 0.240 e. The van der Waals surface area contributed by atoms with Crippen LogP contribution >= 0.6 is 0 Å². The van der Waals surface area contributed by atoms with E-state index in [1.54, 1.807) is 0 Å². The van der Waals surface area contributed by atoms with Crippen LogP contribution in [-0.4, -0.2) is 22.0 Å². The third kappa shape index (κ3) is 2.09. The summed E-state index contributed by atoms with van der Waals surface area (Å²) in [6.45, 7) is 2.44. The van der Waals surface area contributed by atoms with E-state index in [0.717, 1.165) is 16.9 Å². The van der Waals surface area contributed by atoms with Gasteiger partial charge in [-0.05, 0) is 25.1 Å². The van der Waals surface area contributed by atoms with E-state index < -0.39 is 0 Å². The highest BCUT2D eigenvalue weighted by molar-refractivity contribution is 5.83. The molecule has 2 rings (SSSR count). The maximum absolute atomic E-state index is 11.6. The normalized spacial score (nSPS) is 12.8. The predicted octanol–water partition coefficient (Wildman–Crippen LogP) is 0.974. The quantitative estimate of drug-likeness (QED) is 0.824. The number of fused-ring (bicyclic) bond motifs is 1. The van der Waals surface area contributed by atoms with Crippen LogP contribution in [0.1, 0.15) is 25.2 Å². The van der Waals surface area contributed by atoms with Gasteiger partial charge in [-0.1, -0.05) is 19.1 Å². The highest BCUT2D eigenvalue weighted by Crippen LogP contribution is 2.23. The Bertz CT molecular complexity index is 561. The second kappa shape index (κ2) is 5.18. The predicted molar refractivity (Wildman–Crippen MR) is 71.0 cm³/mol. The lowest BCUT2D eigenvalue weighted by atomic mass is 10.2. The molecule has 1 aromatic carbocycles. The van der Waals surface area contributed by atoms with Gasteiger partial charge in [0.25, 0.3) is 0 Å². The number of nitrogens with zero attached hydrogens (tertiary/aromatic N) is 2. The van der Waals surface area contributed by atoms with Crippen molar-refractivity contribution in [3.8, 4) is 0 Å². The van der Waals surface area contributed by atoms with Crippen LogP contribution in [0.5, 0.6) is 0 Å². The van der Waals surface area contributed by atoms with E-state index >= 15 is 0 Å². The number of hydrogen-bond donors (Lipinski definition) is 2. The molecule has 96 valence electrons. The number of benzene rings is 1. The van der Waals surface area contributed by atoms with Crippen LogP contribution in [-0.2, 0) is 11.2 Å². The van der Waals surface area contributed by atoms with Gasteiger partial charge < -0.3 is 16.0 Å². The van der Waals surface area contributed by atoms with Crippen molar-refractivity contribution < 1.29 is 4.79 Å². The third-order valence-corrected chi connectivity index (χ3v) is 3.06. The Morgan fingerprint density at radius 3 is 2.78 bits per heavy atom. The monoisotopic (exact) mass is 246 g/mol. The molecule has 2 aromatic rings. The fourth-order valence-electron chi connectivity index (χ4n) is 2.26. The van der Waals surface area contributed by atoms with Gasteiger partial charge in [0.05, 0.1) is 11.0 Å². The van der Waals surface area contributed by atoms with Crippen molar-refractivity contribution in [1.82, 2.24) is 9.55 Å². The first kappa shape index (κ1) is 12.6. The zero-order valence-corrected chi connectivity index (χ0v) is 10.5. The van der Waals surface area contributed by atoms with E-state index in [1.807, 2.05) is 35.8 Å². The summed E-state index contributed by atoms with van der Waals surface area (Å²) in [4.78, 5) is 16.1. The summed E-state index contributed by atoms with van der Waals surface area (Å²) in [6.07, 6.45) is 1.28. The van der Waals surface area contributed by atoms with Gasteiger partial charge in [0, 0.05) is 6.42 Å². The van der Waals surface area contributed by atoms with Crippen molar-refractivity contribution in [1.29, 1.82) is 0 Å². The Morgan fingerprint density at radius 1 is 1.44 bits per heavy atom. The molecular formula is C13H18N4O. The van der Waals surface area contributed by atoms with E-state index in [-0.39, 0.29) is 11.9 Å². The lowest BCUT2D eigenvalue weighted by molar-refractivity contribution is -0.121. The number of carbonyl (C=O) groups is 1. The van der Waals surface area contributed by atoms with Gasteiger partial charge in [0.15, 0.2) is 0 Å². The number of hydrogen-bond acceptors (Lipinski definition) is 3. The van der Waals surface area contributed by atoms with Gasteiger partial charge in [-0.15, -0.1) is 0 Å². The molecule has 0 bridgehead atoms. The van der Waals surface area contributed by atoms with Gasteiger partial charge in [-0.3, -0.25) is 4.79 Å². The summed E-state index contributed by atoms with van der Waals surface area (Å²) in [5, 5.41) is 0. The van der Waals surface area contributed by atoms with Crippen LogP contribution in [0.15, 0.2) is 24.3 Å². The van der Waals surface area contributed by atoms with E-state index in [0.29, 0.717) is 19.4 Å². The molecule has 1 amide bonds. The number of primary amides is 1. The highest BCUT2D eigenvalue weighted by Gasteiger charge is 2.21. The first-order chi connectivity index (χ1) is 8.69. The summed E-state index contributed by atoms with van der Waals surface area (Å²) < 4.78 is 1.92. The number of carbonyl (C=O) groups excluding carboxylic acids is 1. The molecule has 4 N–H and O–H groups in total. The zero-order chi connectivity index (χ0) is 13.1. The Balaban J connectivity index is 2.63. The van der Waals surface area contributed by atoms with Gasteiger partial charge in [-0.2, -0.15) is 0 Å². The first-order valence-corrected chi connectivity index (χ1v) is 6.14. The standard InChI is InChI=1S/C13H18N4O/c1-2-10(13(15)18)17-11-6-4-3-5-9(11)16-12(17)7-8-14/h3-6,10H,2,7-8,14H2,1H3,(H2,15,18). The van der Waals surface area contributed by atoms with E-state index in [2.05, 4.69) is 4.98 Å². The summed E-state index contributed by atoms with van der Waals surface area (Å²) in [5.74, 6) is 0.489. The minimum atomic E-state index is -0.362. The number of aromatic nitrogens is 2. The molecule has 5 nitrogen and oxygen atoms in total. The zero-order valence-electron chi connectivity index (χ0n) is 10.5. The number of nitrogens with two attached hydrogens (primary N) is 2. The van der Waals surface area contributed by atoms with Crippen LogP contribution in [0.2, 0.25) is 0 Å². The highest BCUT2D eigenvalue weighted by atomic mass is 16.1. The molecule has 5 heteroatoms. The summed E-state index contributed by atoms with van der Waals surface area (Å²) in [6, 6.07) is 7.38. The Kier molecular flexibility index (Phi) is 3.62. The molecule has 0 saturated carbocycles. The van der Waals surface area contributed by atoms with Gasteiger partial charge in [-0.25, -0.2) is 4.98 Å². The van der Waals surface area contributed by atoms with E-state index in [1.165, 1.54) is 0 Å². The number of rotatable bonds is 5. The van der Waals surface area contributed by atoms with E-state index in [9.17, 15) is 4.79 Å². The third-order valence-electron chi connectivity index (χ3n) is 3.06. The van der Waals surface area contributed by atoms with Crippen molar-refractivity contribution >= 4 is 16.9 Å². The van der Waals surface area contributed by atoms with E-state index in [4.69, 9.17) is 11.5 Å². The number of imidazole rings is 1. The second-order valence-electron chi connectivity index (χ2n) is 4.25. The molecule has 0 aliphatic heterocycles. The van der Waals surface area contributed by atoms with Crippen molar-refractivity contribution in [3.63, 3.8) is 0 Å². The SMILES string of the molecule is CCC(C(N)=O)n1c(CCN)nc2ccccc21. The molecule has 0 spiro atoms. The van der Waals surface area contributed by atoms with Crippen molar-refractivity contribution in [3.05, 3.63) is 30.1 Å². The molecule has 0 radical (unpaired) electrons.